The van der Waals surface area contributed by atoms with Crippen molar-refractivity contribution in [2.24, 2.45) is 4.99 Å². The lowest BCUT2D eigenvalue weighted by atomic mass is 9.79. The third-order valence-corrected chi connectivity index (χ3v) is 3.87. The number of benzene rings is 1. The van der Waals surface area contributed by atoms with E-state index in [-0.39, 0.29) is 11.9 Å². The third kappa shape index (κ3) is 3.25. The average molecular weight is 277 g/mol. The van der Waals surface area contributed by atoms with Crippen LogP contribution < -0.4 is 0 Å². The van der Waals surface area contributed by atoms with Gasteiger partial charge in [-0.1, -0.05) is 12.1 Å². The molecule has 0 unspecified atom stereocenters. The maximum absolute atomic E-state index is 12.8. The molecule has 0 bridgehead atoms. The Kier molecular flexibility index (Phi) is 3.98. The Bertz CT molecular complexity index is 476. The third-order valence-electron chi connectivity index (χ3n) is 3.87. The van der Waals surface area contributed by atoms with Crippen LogP contribution in [0, 0.1) is 5.82 Å². The molecule has 1 aliphatic heterocycles. The van der Waals surface area contributed by atoms with E-state index in [1.165, 1.54) is 17.2 Å². The minimum absolute atomic E-state index is 0.121. The summed E-state index contributed by atoms with van der Waals surface area (Å²) in [6.07, 6.45) is 3.24. The predicted octanol–water partition coefficient (Wildman–Crippen LogP) is 3.61. The number of rotatable bonds is 2. The van der Waals surface area contributed by atoms with Crippen molar-refractivity contribution in [3.8, 4) is 0 Å². The Labute approximate surface area is 120 Å². The van der Waals surface area contributed by atoms with Crippen molar-refractivity contribution >= 4 is 6.21 Å². The van der Waals surface area contributed by atoms with Gasteiger partial charge in [-0.15, -0.1) is 10.3 Å². The molecule has 1 heterocycles. The number of hydrogen-bond acceptors (Lipinski definition) is 2. The van der Waals surface area contributed by atoms with Crippen LogP contribution in [0.2, 0.25) is 0 Å². The van der Waals surface area contributed by atoms with Gasteiger partial charge in [0.25, 0.3) is 0 Å². The van der Waals surface area contributed by atoms with Gasteiger partial charge in [0.1, 0.15) is 5.82 Å². The summed E-state index contributed by atoms with van der Waals surface area (Å²) in [5.41, 5.74) is 0.0607. The van der Waals surface area contributed by atoms with E-state index >= 15 is 0 Å². The number of piperidine rings is 1. The number of hydrogen-bond donors (Lipinski definition) is 0. The fraction of sp³-hybridized carbons (Fsp3) is 0.562. The maximum Gasteiger partial charge on any atom is 0.123 e. The fourth-order valence-electron chi connectivity index (χ4n) is 3.06. The lowest BCUT2D eigenvalue weighted by molar-refractivity contribution is -0.288. The molecular weight excluding hydrogens is 255 g/mol. The highest BCUT2D eigenvalue weighted by molar-refractivity contribution is 5.79. The maximum atomic E-state index is 12.8. The highest BCUT2D eigenvalue weighted by Gasteiger charge is 2.45. The summed E-state index contributed by atoms with van der Waals surface area (Å²) in [5, 5.41) is 13.4. The Morgan fingerprint density at radius 2 is 1.65 bits per heavy atom. The molecule has 20 heavy (non-hydrogen) atoms. The summed E-state index contributed by atoms with van der Waals surface area (Å²) >= 11 is 0. The Morgan fingerprint density at radius 1 is 1.15 bits per heavy atom. The number of halogens is 1. The molecule has 1 saturated heterocycles. The van der Waals surface area contributed by atoms with E-state index in [9.17, 15) is 9.60 Å². The van der Waals surface area contributed by atoms with Gasteiger partial charge in [0, 0.05) is 17.3 Å². The molecule has 0 atom stereocenters. The van der Waals surface area contributed by atoms with Crippen molar-refractivity contribution in [2.75, 3.05) is 0 Å². The van der Waals surface area contributed by atoms with Gasteiger partial charge in [-0.2, -0.15) is 0 Å². The largest absolute Gasteiger partial charge is 0.289 e. The summed E-state index contributed by atoms with van der Waals surface area (Å²) in [7, 11) is 0. The van der Waals surface area contributed by atoms with Crippen LogP contribution >= 0.6 is 0 Å². The van der Waals surface area contributed by atoms with Gasteiger partial charge >= 0.3 is 0 Å². The van der Waals surface area contributed by atoms with E-state index < -0.39 is 11.1 Å². The van der Waals surface area contributed by atoms with Crippen LogP contribution in [0.15, 0.2) is 29.3 Å². The first kappa shape index (κ1) is 15.1. The van der Waals surface area contributed by atoms with Crippen LogP contribution in [0.25, 0.3) is 0 Å². The Hall–Kier alpha value is -1.26. The standard InChI is InChI=1S/C16H22FN2O/c1-15(2)9-14(10-16(3,4)19(15)20)18-11-12-5-7-13(17)8-6-12/h5-8,11,14H,9-10H2,1-4H3. The minimum atomic E-state index is -0.410. The molecule has 109 valence electrons. The van der Waals surface area contributed by atoms with Crippen molar-refractivity contribution in [2.45, 2.75) is 57.7 Å². The molecule has 1 aliphatic rings. The highest BCUT2D eigenvalue weighted by atomic mass is 19.1. The van der Waals surface area contributed by atoms with Gasteiger partial charge in [-0.25, -0.2) is 4.39 Å². The Morgan fingerprint density at radius 3 is 2.15 bits per heavy atom. The van der Waals surface area contributed by atoms with Gasteiger partial charge in [-0.3, -0.25) is 4.99 Å². The molecule has 0 amide bonds. The van der Waals surface area contributed by atoms with Crippen LogP contribution in [0.1, 0.15) is 46.1 Å². The minimum Gasteiger partial charge on any atom is -0.289 e. The first-order valence-corrected chi connectivity index (χ1v) is 6.97. The highest BCUT2D eigenvalue weighted by Crippen LogP contribution is 2.38. The molecule has 3 nitrogen and oxygen atoms in total. The zero-order valence-electron chi connectivity index (χ0n) is 12.6. The summed E-state index contributed by atoms with van der Waals surface area (Å²) in [6.45, 7) is 7.84. The molecule has 1 aromatic carbocycles. The molecule has 0 aromatic heterocycles. The quantitative estimate of drug-likeness (QED) is 0.761. The lowest BCUT2D eigenvalue weighted by Crippen LogP contribution is -2.59. The van der Waals surface area contributed by atoms with Crippen molar-refractivity contribution in [1.82, 2.24) is 5.06 Å². The van der Waals surface area contributed by atoms with E-state index in [1.807, 2.05) is 27.7 Å². The number of hydroxylamine groups is 2. The van der Waals surface area contributed by atoms with Crippen molar-refractivity contribution in [1.29, 1.82) is 0 Å². The zero-order chi connectivity index (χ0) is 15.0. The second-order valence-corrected chi connectivity index (χ2v) is 6.81. The van der Waals surface area contributed by atoms with Crippen molar-refractivity contribution < 1.29 is 9.60 Å². The lowest BCUT2D eigenvalue weighted by Gasteiger charge is -2.48. The van der Waals surface area contributed by atoms with Gasteiger partial charge in [0.05, 0.1) is 6.04 Å². The molecule has 1 radical (unpaired) electrons. The summed E-state index contributed by atoms with van der Waals surface area (Å²) in [5.74, 6) is -0.246. The van der Waals surface area contributed by atoms with E-state index in [1.54, 1.807) is 18.3 Å². The van der Waals surface area contributed by atoms with Crippen molar-refractivity contribution in [3.63, 3.8) is 0 Å². The molecule has 0 saturated carbocycles. The van der Waals surface area contributed by atoms with Crippen molar-refractivity contribution in [3.05, 3.63) is 35.6 Å². The fourth-order valence-corrected chi connectivity index (χ4v) is 3.06. The van der Waals surface area contributed by atoms with E-state index in [2.05, 4.69) is 4.99 Å². The van der Waals surface area contributed by atoms with E-state index in [4.69, 9.17) is 0 Å². The molecular formula is C16H22FN2O. The van der Waals surface area contributed by atoms with Gasteiger partial charge in [0.15, 0.2) is 0 Å². The van der Waals surface area contributed by atoms with Gasteiger partial charge in [0.2, 0.25) is 0 Å². The molecule has 0 aliphatic carbocycles. The smallest absolute Gasteiger partial charge is 0.123 e. The number of aliphatic imine (C=N–C) groups is 1. The second-order valence-electron chi connectivity index (χ2n) is 6.81. The van der Waals surface area contributed by atoms with E-state index in [0.717, 1.165) is 18.4 Å². The van der Waals surface area contributed by atoms with Gasteiger partial charge < -0.3 is 0 Å². The number of nitrogens with zero attached hydrogens (tertiary/aromatic N) is 2. The van der Waals surface area contributed by atoms with E-state index in [0.29, 0.717) is 0 Å². The summed E-state index contributed by atoms with van der Waals surface area (Å²) < 4.78 is 12.8. The molecule has 2 rings (SSSR count). The Balaban J connectivity index is 2.12. The van der Waals surface area contributed by atoms with Crippen LogP contribution in [0.3, 0.4) is 0 Å². The molecule has 0 spiro atoms. The van der Waals surface area contributed by atoms with Crippen LogP contribution in [0.5, 0.6) is 0 Å². The van der Waals surface area contributed by atoms with Crippen LogP contribution in [-0.4, -0.2) is 28.4 Å². The molecule has 0 N–H and O–H groups in total. The topological polar surface area (TPSA) is 35.5 Å². The van der Waals surface area contributed by atoms with Gasteiger partial charge in [-0.05, 0) is 58.2 Å². The zero-order valence-corrected chi connectivity index (χ0v) is 12.6. The second kappa shape index (κ2) is 5.26. The van der Waals surface area contributed by atoms with Crippen LogP contribution in [0.4, 0.5) is 4.39 Å². The first-order valence-electron chi connectivity index (χ1n) is 6.97. The van der Waals surface area contributed by atoms with Crippen LogP contribution in [-0.2, 0) is 5.21 Å². The molecule has 1 aromatic rings. The predicted molar refractivity (Wildman–Crippen MR) is 77.7 cm³/mol. The average Bonchev–Trinajstić information content (AvgIpc) is 2.35. The SMILES string of the molecule is CC1(C)CC(N=Cc2ccc(F)cc2)CC(C)(C)N1[O]. The monoisotopic (exact) mass is 277 g/mol. The first-order chi connectivity index (χ1) is 9.21. The summed E-state index contributed by atoms with van der Waals surface area (Å²) in [4.78, 5) is 4.60. The molecule has 1 fully saturated rings. The summed E-state index contributed by atoms with van der Waals surface area (Å²) in [6, 6.07) is 6.39. The molecule has 4 heteroatoms. The normalized spacial score (nSPS) is 23.3.